The third-order valence-corrected chi connectivity index (χ3v) is 26.5. The Morgan fingerprint density at radius 1 is 0.659 bits per heavy atom. The molecule has 0 spiro atoms. The van der Waals surface area contributed by atoms with Crippen molar-refractivity contribution in [2.24, 2.45) is 0 Å². The van der Waals surface area contributed by atoms with Crippen LogP contribution < -0.4 is 0 Å². The number of carbonyl (C=O) groups is 1. The standard InChI is InChI=1S/C23H56O7S2Si5.7CH4/c1-12-26-23(24)21-25-19-17-15-14-16-18-20-36(10,28-33(3)27-34(4,5)6)30-37(11,22-32-31-13-2)29-35(7,8)9;;;;;;;/h33H,12-22H2,1-11H3;7*1H4. The Hall–Kier alpha value is 1.05. The third kappa shape index (κ3) is 37.5. The van der Waals surface area contributed by atoms with Gasteiger partial charge in [0.15, 0.2) is 16.6 Å². The molecule has 0 radical (unpaired) electrons. The van der Waals surface area contributed by atoms with Crippen molar-refractivity contribution in [2.75, 3.05) is 30.9 Å². The van der Waals surface area contributed by atoms with E-state index in [-0.39, 0.29) is 64.6 Å². The summed E-state index contributed by atoms with van der Waals surface area (Å²) in [5.41, 5.74) is 0. The molecule has 0 aliphatic carbocycles. The van der Waals surface area contributed by atoms with Gasteiger partial charge in [0.1, 0.15) is 6.61 Å². The fourth-order valence-electron chi connectivity index (χ4n) is 3.96. The summed E-state index contributed by atoms with van der Waals surface area (Å²) in [4.78, 5) is 11.3. The average Bonchev–Trinajstić information content (AvgIpc) is 2.69. The van der Waals surface area contributed by atoms with E-state index < -0.39 is 43.0 Å². The van der Waals surface area contributed by atoms with Crippen molar-refractivity contribution >= 4 is 70.6 Å². The zero-order valence-electron chi connectivity index (χ0n) is 25.5. The van der Waals surface area contributed by atoms with Crippen molar-refractivity contribution in [2.45, 2.75) is 163 Å². The van der Waals surface area contributed by atoms with E-state index in [2.05, 4.69) is 65.8 Å². The number of unbranched alkanes of at least 4 members (excludes halogenated alkanes) is 4. The maximum absolute atomic E-state index is 11.3. The first-order valence-electron chi connectivity index (χ1n) is 13.8. The Labute approximate surface area is 293 Å². The Bertz CT molecular complexity index is 630. The van der Waals surface area contributed by atoms with Gasteiger partial charge in [-0.15, -0.1) is 0 Å². The van der Waals surface area contributed by atoms with Crippen molar-refractivity contribution in [3.63, 3.8) is 0 Å². The molecule has 14 heteroatoms. The molecule has 0 N–H and O–H groups in total. The predicted octanol–water partition coefficient (Wildman–Crippen LogP) is 11.6. The van der Waals surface area contributed by atoms with Crippen LogP contribution in [0, 0.1) is 0 Å². The van der Waals surface area contributed by atoms with Gasteiger partial charge < -0.3 is 25.9 Å². The summed E-state index contributed by atoms with van der Waals surface area (Å²) in [7, 11) is -6.41. The summed E-state index contributed by atoms with van der Waals surface area (Å²) in [6.45, 7) is 25.1. The number of rotatable bonds is 23. The van der Waals surface area contributed by atoms with Crippen LogP contribution in [0.3, 0.4) is 0 Å². The van der Waals surface area contributed by atoms with Gasteiger partial charge in [-0.3, -0.25) is 0 Å². The smallest absolute Gasteiger partial charge is 0.332 e. The van der Waals surface area contributed by atoms with Crippen molar-refractivity contribution in [1.82, 2.24) is 0 Å². The number of esters is 1. The highest BCUT2D eigenvalue weighted by Crippen LogP contribution is 2.32. The van der Waals surface area contributed by atoms with Gasteiger partial charge in [0.25, 0.3) is 9.28 Å². The van der Waals surface area contributed by atoms with E-state index in [0.29, 0.717) is 13.2 Å². The first kappa shape index (κ1) is 63.7. The molecule has 7 nitrogen and oxygen atoms in total. The van der Waals surface area contributed by atoms with Crippen LogP contribution in [0.2, 0.25) is 65.0 Å². The quantitative estimate of drug-likeness (QED) is 0.0438. The molecule has 0 rings (SSSR count). The molecular weight excluding hydrogens is 677 g/mol. The van der Waals surface area contributed by atoms with E-state index >= 15 is 0 Å². The molecule has 0 aromatic heterocycles. The first-order valence-corrected chi connectivity index (χ1v) is 30.2. The van der Waals surface area contributed by atoms with Gasteiger partial charge in [0, 0.05) is 17.7 Å². The van der Waals surface area contributed by atoms with Crippen LogP contribution in [0.25, 0.3) is 0 Å². The maximum atomic E-state index is 11.3. The van der Waals surface area contributed by atoms with E-state index in [9.17, 15) is 4.79 Å². The van der Waals surface area contributed by atoms with Crippen LogP contribution in [0.5, 0.6) is 0 Å². The van der Waals surface area contributed by atoms with Crippen molar-refractivity contribution < 1.29 is 30.7 Å². The van der Waals surface area contributed by atoms with E-state index in [1.165, 1.54) is 0 Å². The number of hydrogen-bond donors (Lipinski definition) is 0. The van der Waals surface area contributed by atoms with Gasteiger partial charge in [-0.2, -0.15) is 0 Å². The Kier molecular flexibility index (Phi) is 47.2. The predicted molar refractivity (Wildman–Crippen MR) is 220 cm³/mol. The molecule has 0 saturated carbocycles. The minimum absolute atomic E-state index is 0. The molecule has 0 amide bonds. The van der Waals surface area contributed by atoms with Gasteiger partial charge >= 0.3 is 23.1 Å². The fraction of sp³-hybridized carbons (Fsp3) is 0.967. The molecule has 0 aromatic carbocycles. The molecule has 0 bridgehead atoms. The summed E-state index contributed by atoms with van der Waals surface area (Å²) >= 11 is 0. The van der Waals surface area contributed by atoms with Gasteiger partial charge in [0.05, 0.1) is 6.61 Å². The summed E-state index contributed by atoms with van der Waals surface area (Å²) in [5, 5.41) is 0.915. The fourth-order valence-corrected chi connectivity index (χ4v) is 29.2. The highest BCUT2D eigenvalue weighted by Gasteiger charge is 2.46. The molecule has 0 heterocycles. The zero-order chi connectivity index (χ0) is 28.6. The lowest BCUT2D eigenvalue weighted by Crippen LogP contribution is -2.59. The van der Waals surface area contributed by atoms with Crippen LogP contribution in [0.4, 0.5) is 0 Å². The highest BCUT2D eigenvalue weighted by atomic mass is 33.1. The molecule has 0 aliphatic heterocycles. The number of hydrogen-bond acceptors (Lipinski definition) is 9. The highest BCUT2D eigenvalue weighted by molar-refractivity contribution is 8.77. The molecule has 3 unspecified atom stereocenters. The average molecular weight is 762 g/mol. The number of ether oxygens (including phenoxy) is 2. The molecular formula is C30H84O7S2Si5. The van der Waals surface area contributed by atoms with Gasteiger partial charge in [-0.05, 0) is 78.3 Å². The van der Waals surface area contributed by atoms with Crippen LogP contribution in [-0.2, 0) is 30.7 Å². The van der Waals surface area contributed by atoms with Crippen molar-refractivity contribution in [3.05, 3.63) is 0 Å². The first-order chi connectivity index (χ1) is 17.0. The SMILES string of the molecule is C.C.C.C.C.C.C.CCOC(=O)COCCCCCCC[Si](C)(O[SiH](C)O[Si](C)(C)C)O[Si](C)(CSSCC)O[Si](C)(C)C. The Morgan fingerprint density at radius 2 is 1.18 bits per heavy atom. The zero-order valence-corrected chi connectivity index (χ0v) is 32.3. The second kappa shape index (κ2) is 32.6. The van der Waals surface area contributed by atoms with Gasteiger partial charge in [-0.1, -0.05) is 106 Å². The molecule has 0 aliphatic rings. The molecule has 0 fully saturated rings. The Morgan fingerprint density at radius 3 is 1.66 bits per heavy atom. The third-order valence-electron chi connectivity index (χ3n) is 4.86. The van der Waals surface area contributed by atoms with Crippen molar-refractivity contribution in [1.29, 1.82) is 0 Å². The van der Waals surface area contributed by atoms with Gasteiger partial charge in [0.2, 0.25) is 0 Å². The normalized spacial score (nSPS) is 14.1. The van der Waals surface area contributed by atoms with Crippen LogP contribution in [0.1, 0.15) is 97.9 Å². The topological polar surface area (TPSA) is 72.5 Å². The van der Waals surface area contributed by atoms with E-state index in [1.807, 2.05) is 21.6 Å². The summed E-state index contributed by atoms with van der Waals surface area (Å²) in [5.74, 6) is 0.790. The molecule has 3 atom stereocenters. The summed E-state index contributed by atoms with van der Waals surface area (Å²) in [6.07, 6.45) is 5.38. The van der Waals surface area contributed by atoms with Crippen LogP contribution in [0.15, 0.2) is 0 Å². The minimum Gasteiger partial charge on any atom is -0.464 e. The lowest BCUT2D eigenvalue weighted by atomic mass is 10.2. The second-order valence-electron chi connectivity index (χ2n) is 11.5. The van der Waals surface area contributed by atoms with Crippen molar-refractivity contribution in [3.8, 4) is 0 Å². The lowest BCUT2D eigenvalue weighted by Gasteiger charge is -2.41. The molecule has 0 aromatic rings. The van der Waals surface area contributed by atoms with E-state index in [0.717, 1.165) is 49.3 Å². The second-order valence-corrected chi connectivity index (χ2v) is 33.3. The summed E-state index contributed by atoms with van der Waals surface area (Å²) < 4.78 is 37.3. The van der Waals surface area contributed by atoms with Crippen LogP contribution >= 0.6 is 21.6 Å². The largest absolute Gasteiger partial charge is 0.464 e. The Balaban J connectivity index is -0.000000309. The summed E-state index contributed by atoms with van der Waals surface area (Å²) in [6, 6.07) is 0.960. The molecule has 0 saturated heterocycles. The monoisotopic (exact) mass is 760 g/mol. The lowest BCUT2D eigenvalue weighted by molar-refractivity contribution is -0.148. The van der Waals surface area contributed by atoms with Gasteiger partial charge in [-0.25, -0.2) is 4.79 Å². The minimum atomic E-state index is -2.49. The maximum Gasteiger partial charge on any atom is 0.332 e. The van der Waals surface area contributed by atoms with Crippen LogP contribution in [-0.4, -0.2) is 80.0 Å². The molecule has 278 valence electrons. The number of carbonyl (C=O) groups excluding carboxylic acids is 1. The molecule has 44 heavy (non-hydrogen) atoms. The van der Waals surface area contributed by atoms with E-state index in [1.54, 1.807) is 6.92 Å². The van der Waals surface area contributed by atoms with E-state index in [4.69, 9.17) is 25.9 Å².